The van der Waals surface area contributed by atoms with Crippen molar-refractivity contribution in [3.63, 3.8) is 0 Å². The first-order valence-corrected chi connectivity index (χ1v) is 9.74. The Labute approximate surface area is 170 Å². The van der Waals surface area contributed by atoms with Gasteiger partial charge in [-0.2, -0.15) is 0 Å². The van der Waals surface area contributed by atoms with Crippen molar-refractivity contribution in [2.75, 3.05) is 6.61 Å². The van der Waals surface area contributed by atoms with E-state index in [1.165, 1.54) is 12.1 Å². The second-order valence-electron chi connectivity index (χ2n) is 7.33. The summed E-state index contributed by atoms with van der Waals surface area (Å²) in [5.74, 6) is 0.266. The van der Waals surface area contributed by atoms with E-state index in [-0.39, 0.29) is 17.8 Å². The number of ether oxygens (including phenoxy) is 1. The quantitative estimate of drug-likeness (QED) is 0.531. The van der Waals surface area contributed by atoms with E-state index in [2.05, 4.69) is 5.32 Å². The maximum atomic E-state index is 13.3. The number of hydrogen-bond donors (Lipinski definition) is 1. The van der Waals surface area contributed by atoms with Gasteiger partial charge in [-0.3, -0.25) is 4.79 Å². The highest BCUT2D eigenvalue weighted by atomic mass is 19.1. The summed E-state index contributed by atoms with van der Waals surface area (Å²) in [5, 5.41) is 3.77. The van der Waals surface area contributed by atoms with Crippen molar-refractivity contribution in [1.29, 1.82) is 0 Å². The molecule has 1 heterocycles. The van der Waals surface area contributed by atoms with E-state index in [0.717, 1.165) is 38.8 Å². The maximum Gasteiger partial charge on any atom is 0.244 e. The molecule has 4 nitrogen and oxygen atoms in total. The lowest BCUT2D eigenvalue weighted by molar-refractivity contribution is -0.116. The lowest BCUT2D eigenvalue weighted by atomic mass is 9.96. The monoisotopic (exact) mass is 395 g/mol. The number of furan rings is 1. The normalized spacial score (nSPS) is 11.9. The summed E-state index contributed by atoms with van der Waals surface area (Å²) in [5.41, 5.74) is 4.94. The van der Waals surface area contributed by atoms with E-state index in [1.807, 2.05) is 40.7 Å². The molecule has 3 rings (SSSR count). The second kappa shape index (κ2) is 8.52. The fourth-order valence-electron chi connectivity index (χ4n) is 3.39. The topological polar surface area (TPSA) is 51.5 Å². The van der Waals surface area contributed by atoms with E-state index >= 15 is 0 Å². The first kappa shape index (κ1) is 20.6. The van der Waals surface area contributed by atoms with Crippen LogP contribution in [0.25, 0.3) is 27.7 Å². The summed E-state index contributed by atoms with van der Waals surface area (Å²) in [7, 11) is 0. The fraction of sp³-hybridized carbons (Fsp3) is 0.292. The molecule has 29 heavy (non-hydrogen) atoms. The minimum absolute atomic E-state index is 0.0566. The van der Waals surface area contributed by atoms with Crippen LogP contribution in [0.2, 0.25) is 0 Å². The summed E-state index contributed by atoms with van der Waals surface area (Å²) in [6, 6.07) is 8.34. The molecule has 5 heteroatoms. The smallest absolute Gasteiger partial charge is 0.244 e. The third-order valence-corrected chi connectivity index (χ3v) is 4.69. The van der Waals surface area contributed by atoms with Crippen molar-refractivity contribution in [2.24, 2.45) is 0 Å². The Morgan fingerprint density at radius 3 is 2.59 bits per heavy atom. The Bertz CT molecular complexity index is 1060. The van der Waals surface area contributed by atoms with Crippen molar-refractivity contribution < 1.29 is 18.3 Å². The molecule has 0 radical (unpaired) electrons. The first-order valence-electron chi connectivity index (χ1n) is 9.74. The van der Waals surface area contributed by atoms with E-state index < -0.39 is 0 Å². The molecule has 0 aliphatic carbocycles. The van der Waals surface area contributed by atoms with Gasteiger partial charge in [0.1, 0.15) is 17.1 Å². The van der Waals surface area contributed by atoms with Gasteiger partial charge in [-0.05, 0) is 64.0 Å². The first-order chi connectivity index (χ1) is 13.8. The van der Waals surface area contributed by atoms with Gasteiger partial charge in [-0.25, -0.2) is 4.39 Å². The van der Waals surface area contributed by atoms with Gasteiger partial charge >= 0.3 is 0 Å². The number of rotatable bonds is 6. The molecule has 1 aromatic heterocycles. The van der Waals surface area contributed by atoms with Crippen LogP contribution in [0.3, 0.4) is 0 Å². The third-order valence-electron chi connectivity index (χ3n) is 4.69. The van der Waals surface area contributed by atoms with E-state index in [9.17, 15) is 9.18 Å². The van der Waals surface area contributed by atoms with Gasteiger partial charge in [0.05, 0.1) is 12.9 Å². The molecule has 0 aliphatic heterocycles. The average molecular weight is 395 g/mol. The second-order valence-corrected chi connectivity index (χ2v) is 7.33. The molecule has 0 unspecified atom stereocenters. The SMILES string of the molecule is CCOc1c(/C(C)=C/C(=O)NC(C)C)cc2c(-c3ccc(F)cc3)coc2c1C. The molecule has 0 saturated heterocycles. The minimum atomic E-state index is -0.285. The van der Waals surface area contributed by atoms with Crippen LogP contribution in [0.1, 0.15) is 38.8 Å². The molecule has 0 atom stereocenters. The summed E-state index contributed by atoms with van der Waals surface area (Å²) in [6.07, 6.45) is 3.26. The van der Waals surface area contributed by atoms with Gasteiger partial charge in [0.25, 0.3) is 0 Å². The zero-order valence-electron chi connectivity index (χ0n) is 17.4. The van der Waals surface area contributed by atoms with Crippen LogP contribution >= 0.6 is 0 Å². The third kappa shape index (κ3) is 4.34. The van der Waals surface area contributed by atoms with Gasteiger partial charge in [0.15, 0.2) is 0 Å². The molecule has 1 N–H and O–H groups in total. The molecular weight excluding hydrogens is 369 g/mol. The van der Waals surface area contributed by atoms with Crippen LogP contribution in [-0.2, 0) is 4.79 Å². The Morgan fingerprint density at radius 1 is 1.28 bits per heavy atom. The number of hydrogen-bond acceptors (Lipinski definition) is 3. The number of carbonyl (C=O) groups excluding carboxylic acids is 1. The van der Waals surface area contributed by atoms with Crippen LogP contribution < -0.4 is 10.1 Å². The van der Waals surface area contributed by atoms with Gasteiger partial charge in [0.2, 0.25) is 5.91 Å². The number of nitrogens with one attached hydrogen (secondary N) is 1. The van der Waals surface area contributed by atoms with Crippen molar-refractivity contribution in [2.45, 2.75) is 40.7 Å². The average Bonchev–Trinajstić information content (AvgIpc) is 3.08. The van der Waals surface area contributed by atoms with E-state index in [0.29, 0.717) is 12.4 Å². The molecule has 3 aromatic rings. The fourth-order valence-corrected chi connectivity index (χ4v) is 3.39. The Hall–Kier alpha value is -3.08. The number of fused-ring (bicyclic) bond motifs is 1. The molecule has 0 fully saturated rings. The predicted molar refractivity (Wildman–Crippen MR) is 114 cm³/mol. The summed E-state index contributed by atoms with van der Waals surface area (Å²) >= 11 is 0. The van der Waals surface area contributed by atoms with Crippen LogP contribution in [-0.4, -0.2) is 18.6 Å². The molecular formula is C24H26FNO3. The highest BCUT2D eigenvalue weighted by Crippen LogP contribution is 2.40. The largest absolute Gasteiger partial charge is 0.493 e. The number of benzene rings is 2. The summed E-state index contributed by atoms with van der Waals surface area (Å²) in [6.45, 7) is 10.1. The van der Waals surface area contributed by atoms with Crippen molar-refractivity contribution in [1.82, 2.24) is 5.32 Å². The van der Waals surface area contributed by atoms with Gasteiger partial charge in [-0.1, -0.05) is 12.1 Å². The Morgan fingerprint density at radius 2 is 1.97 bits per heavy atom. The van der Waals surface area contributed by atoms with Gasteiger partial charge in [0, 0.05) is 34.2 Å². The predicted octanol–water partition coefficient (Wildman–Crippen LogP) is 5.87. The highest BCUT2D eigenvalue weighted by molar-refractivity contribution is 6.01. The van der Waals surface area contributed by atoms with Crippen LogP contribution in [0.15, 0.2) is 47.1 Å². The Balaban J connectivity index is 2.18. The van der Waals surface area contributed by atoms with E-state index in [4.69, 9.17) is 9.15 Å². The van der Waals surface area contributed by atoms with Crippen LogP contribution in [0.5, 0.6) is 5.75 Å². The lowest BCUT2D eigenvalue weighted by Crippen LogP contribution is -2.28. The molecule has 0 bridgehead atoms. The summed E-state index contributed by atoms with van der Waals surface area (Å²) in [4.78, 5) is 12.2. The molecule has 1 amide bonds. The maximum absolute atomic E-state index is 13.3. The molecule has 0 saturated carbocycles. The molecule has 2 aromatic carbocycles. The van der Waals surface area contributed by atoms with E-state index in [1.54, 1.807) is 24.5 Å². The zero-order valence-corrected chi connectivity index (χ0v) is 17.4. The molecule has 0 spiro atoms. The standard InChI is InChI=1S/C24H26FNO3/c1-6-28-23-16(5)24-20(12-19(23)15(4)11-22(27)26-14(2)3)21(13-29-24)17-7-9-18(25)10-8-17/h7-14H,6H2,1-5H3,(H,26,27)/b15-11+. The van der Waals surface area contributed by atoms with Gasteiger partial charge in [-0.15, -0.1) is 0 Å². The minimum Gasteiger partial charge on any atom is -0.493 e. The number of aryl methyl sites for hydroxylation is 1. The highest BCUT2D eigenvalue weighted by Gasteiger charge is 2.19. The number of amides is 1. The van der Waals surface area contributed by atoms with Gasteiger partial charge < -0.3 is 14.5 Å². The van der Waals surface area contributed by atoms with Crippen LogP contribution in [0.4, 0.5) is 4.39 Å². The number of halogens is 1. The Kier molecular flexibility index (Phi) is 6.06. The van der Waals surface area contributed by atoms with Crippen molar-refractivity contribution >= 4 is 22.4 Å². The van der Waals surface area contributed by atoms with Crippen molar-refractivity contribution in [3.05, 3.63) is 59.6 Å². The number of allylic oxidation sites excluding steroid dienone is 1. The lowest BCUT2D eigenvalue weighted by Gasteiger charge is -2.15. The number of carbonyl (C=O) groups is 1. The molecule has 0 aliphatic rings. The van der Waals surface area contributed by atoms with Crippen molar-refractivity contribution in [3.8, 4) is 16.9 Å². The van der Waals surface area contributed by atoms with Crippen LogP contribution in [0, 0.1) is 12.7 Å². The molecule has 152 valence electrons. The zero-order chi connectivity index (χ0) is 21.1. The summed E-state index contributed by atoms with van der Waals surface area (Å²) < 4.78 is 25.1.